The average Bonchev–Trinajstić information content (AvgIpc) is 2.87. The van der Waals surface area contributed by atoms with Crippen molar-refractivity contribution in [3.8, 4) is 0 Å². The first-order valence-corrected chi connectivity index (χ1v) is 8.43. The van der Waals surface area contributed by atoms with Crippen molar-refractivity contribution < 1.29 is 9.32 Å². The Hall–Kier alpha value is -2.34. The largest absolute Gasteiger partial charge is 0.361 e. The van der Waals surface area contributed by atoms with Gasteiger partial charge in [0.15, 0.2) is 0 Å². The fourth-order valence-corrected chi connectivity index (χ4v) is 3.32. The van der Waals surface area contributed by atoms with Crippen LogP contribution >= 0.6 is 11.8 Å². The second-order valence-corrected chi connectivity index (χ2v) is 6.21. The van der Waals surface area contributed by atoms with Crippen LogP contribution in [0.15, 0.2) is 41.1 Å². The Morgan fingerprint density at radius 1 is 1.26 bits per heavy atom. The molecule has 0 fully saturated rings. The molecule has 0 aliphatic rings. The predicted molar refractivity (Wildman–Crippen MR) is 92.5 cm³/mol. The van der Waals surface area contributed by atoms with Gasteiger partial charge in [-0.25, -0.2) is 0 Å². The fourth-order valence-electron chi connectivity index (χ4n) is 2.35. The molecule has 0 unspecified atom stereocenters. The summed E-state index contributed by atoms with van der Waals surface area (Å²) >= 11 is 1.54. The van der Waals surface area contributed by atoms with Crippen LogP contribution in [0.4, 0.5) is 5.69 Å². The molecule has 6 heteroatoms. The van der Waals surface area contributed by atoms with Crippen molar-refractivity contribution in [2.24, 2.45) is 0 Å². The molecule has 0 radical (unpaired) electrons. The topological polar surface area (TPSA) is 68.0 Å². The van der Waals surface area contributed by atoms with E-state index < -0.39 is 0 Å². The van der Waals surface area contributed by atoms with E-state index in [-0.39, 0.29) is 5.91 Å². The van der Waals surface area contributed by atoms with E-state index in [1.165, 1.54) is 11.8 Å². The van der Waals surface area contributed by atoms with Gasteiger partial charge in [-0.15, -0.1) is 11.8 Å². The number of carbonyl (C=O) groups is 1. The molecule has 0 atom stereocenters. The van der Waals surface area contributed by atoms with Crippen LogP contribution in [-0.4, -0.2) is 21.8 Å². The molecule has 3 rings (SSSR count). The van der Waals surface area contributed by atoms with Crippen molar-refractivity contribution in [3.05, 3.63) is 53.5 Å². The van der Waals surface area contributed by atoms with Crippen LogP contribution in [0.1, 0.15) is 17.0 Å². The second kappa shape index (κ2) is 6.83. The quantitative estimate of drug-likeness (QED) is 0.773. The summed E-state index contributed by atoms with van der Waals surface area (Å²) in [5.74, 6) is 1.85. The average molecular weight is 327 g/mol. The van der Waals surface area contributed by atoms with Crippen molar-refractivity contribution in [1.82, 2.24) is 10.1 Å². The summed E-state index contributed by atoms with van der Waals surface area (Å²) in [6, 6.07) is 9.62. The van der Waals surface area contributed by atoms with Gasteiger partial charge in [0.1, 0.15) is 5.76 Å². The first-order chi connectivity index (χ1) is 11.1. The maximum Gasteiger partial charge on any atom is 0.234 e. The van der Waals surface area contributed by atoms with E-state index in [1.807, 2.05) is 44.2 Å². The number of anilines is 1. The van der Waals surface area contributed by atoms with Gasteiger partial charge < -0.3 is 9.84 Å². The van der Waals surface area contributed by atoms with Gasteiger partial charge in [-0.1, -0.05) is 23.4 Å². The van der Waals surface area contributed by atoms with Crippen LogP contribution in [0.25, 0.3) is 10.9 Å². The number of fused-ring (bicyclic) bond motifs is 1. The molecule has 0 saturated heterocycles. The molecule has 0 saturated carbocycles. The summed E-state index contributed by atoms with van der Waals surface area (Å²) in [4.78, 5) is 16.5. The highest BCUT2D eigenvalue weighted by atomic mass is 32.2. The third-order valence-corrected chi connectivity index (χ3v) is 4.53. The van der Waals surface area contributed by atoms with Crippen molar-refractivity contribution in [3.63, 3.8) is 0 Å². The normalized spacial score (nSPS) is 10.9. The van der Waals surface area contributed by atoms with Crippen LogP contribution in [0.3, 0.4) is 0 Å². The number of aromatic nitrogens is 2. The summed E-state index contributed by atoms with van der Waals surface area (Å²) < 4.78 is 5.12. The van der Waals surface area contributed by atoms with Gasteiger partial charge in [-0.3, -0.25) is 9.78 Å². The summed E-state index contributed by atoms with van der Waals surface area (Å²) in [7, 11) is 0. The zero-order valence-corrected chi connectivity index (χ0v) is 13.8. The van der Waals surface area contributed by atoms with Crippen molar-refractivity contribution >= 4 is 34.3 Å². The molecule has 1 aromatic carbocycles. The zero-order valence-electron chi connectivity index (χ0n) is 13.0. The van der Waals surface area contributed by atoms with E-state index in [4.69, 9.17) is 4.52 Å². The lowest BCUT2D eigenvalue weighted by molar-refractivity contribution is -0.113. The van der Waals surface area contributed by atoms with Crippen molar-refractivity contribution in [2.45, 2.75) is 19.6 Å². The van der Waals surface area contributed by atoms with Gasteiger partial charge in [0.05, 0.1) is 22.7 Å². The Balaban J connectivity index is 1.61. The number of hydrogen-bond acceptors (Lipinski definition) is 5. The number of para-hydroxylation sites is 1. The number of thioether (sulfide) groups is 1. The lowest BCUT2D eigenvalue weighted by atomic mass is 10.2. The molecule has 3 aromatic rings. The lowest BCUT2D eigenvalue weighted by Gasteiger charge is -2.07. The smallest absolute Gasteiger partial charge is 0.234 e. The van der Waals surface area contributed by atoms with Crippen molar-refractivity contribution in [1.29, 1.82) is 0 Å². The fraction of sp³-hybridized carbons (Fsp3) is 0.235. The number of carbonyl (C=O) groups excluding carboxylic acids is 1. The molecule has 0 spiro atoms. The van der Waals surface area contributed by atoms with Gasteiger partial charge in [-0.2, -0.15) is 0 Å². The monoisotopic (exact) mass is 327 g/mol. The Bertz CT molecular complexity index is 820. The molecule has 118 valence electrons. The lowest BCUT2D eigenvalue weighted by Crippen LogP contribution is -2.14. The van der Waals surface area contributed by atoms with Gasteiger partial charge in [0, 0.05) is 22.9 Å². The van der Waals surface area contributed by atoms with Gasteiger partial charge in [0.25, 0.3) is 0 Å². The number of pyridine rings is 1. The van der Waals surface area contributed by atoms with Crippen LogP contribution < -0.4 is 5.32 Å². The number of nitrogens with zero attached hydrogens (tertiary/aromatic N) is 2. The molecular formula is C17H17N3O2S. The Kier molecular flexibility index (Phi) is 4.62. The maximum atomic E-state index is 12.2. The molecule has 1 N–H and O–H groups in total. The zero-order chi connectivity index (χ0) is 16.2. The standard InChI is InChI=1S/C17H17N3O2S/c1-11-14(12(2)22-20-11)9-23-10-16(21)19-15-7-3-5-13-6-4-8-18-17(13)15/h3-8H,9-10H2,1-2H3,(H,19,21). The minimum atomic E-state index is -0.0417. The van der Waals surface area contributed by atoms with E-state index in [2.05, 4.69) is 15.5 Å². The van der Waals surface area contributed by atoms with Crippen LogP contribution in [0.5, 0.6) is 0 Å². The molecule has 2 aromatic heterocycles. The summed E-state index contributed by atoms with van der Waals surface area (Å²) in [6.45, 7) is 3.80. The number of rotatable bonds is 5. The van der Waals surface area contributed by atoms with Gasteiger partial charge in [-0.05, 0) is 26.0 Å². The molecule has 5 nitrogen and oxygen atoms in total. The first-order valence-electron chi connectivity index (χ1n) is 7.28. The maximum absolute atomic E-state index is 12.2. The van der Waals surface area contributed by atoms with Gasteiger partial charge >= 0.3 is 0 Å². The Morgan fingerprint density at radius 2 is 2.09 bits per heavy atom. The van der Waals surface area contributed by atoms with Crippen LogP contribution in [0, 0.1) is 13.8 Å². The number of amides is 1. The number of aryl methyl sites for hydroxylation is 2. The Morgan fingerprint density at radius 3 is 2.87 bits per heavy atom. The molecule has 23 heavy (non-hydrogen) atoms. The van der Waals surface area contributed by atoms with E-state index in [1.54, 1.807) is 6.20 Å². The highest BCUT2D eigenvalue weighted by molar-refractivity contribution is 7.99. The predicted octanol–water partition coefficient (Wildman–Crippen LogP) is 3.71. The van der Waals surface area contributed by atoms with Crippen LogP contribution in [-0.2, 0) is 10.5 Å². The third-order valence-electron chi connectivity index (χ3n) is 3.57. The van der Waals surface area contributed by atoms with Gasteiger partial charge in [0.2, 0.25) is 5.91 Å². The molecule has 2 heterocycles. The number of benzene rings is 1. The van der Waals surface area contributed by atoms with E-state index in [0.29, 0.717) is 11.5 Å². The highest BCUT2D eigenvalue weighted by Crippen LogP contribution is 2.22. The number of nitrogens with one attached hydrogen (secondary N) is 1. The first kappa shape index (κ1) is 15.6. The molecule has 0 aliphatic carbocycles. The summed E-state index contributed by atoms with van der Waals surface area (Å²) in [5.41, 5.74) is 3.49. The minimum absolute atomic E-state index is 0.0417. The molecule has 1 amide bonds. The van der Waals surface area contributed by atoms with Crippen molar-refractivity contribution in [2.75, 3.05) is 11.1 Å². The highest BCUT2D eigenvalue weighted by Gasteiger charge is 2.11. The van der Waals surface area contributed by atoms with E-state index in [9.17, 15) is 4.79 Å². The van der Waals surface area contributed by atoms with E-state index >= 15 is 0 Å². The Labute approximate surface area is 138 Å². The van der Waals surface area contributed by atoms with Crippen LogP contribution in [0.2, 0.25) is 0 Å². The SMILES string of the molecule is Cc1noc(C)c1CSCC(=O)Nc1cccc2cccnc12. The van der Waals surface area contributed by atoms with E-state index in [0.717, 1.165) is 33.6 Å². The molecule has 0 bridgehead atoms. The third kappa shape index (κ3) is 3.53. The second-order valence-electron chi connectivity index (χ2n) is 5.22. The minimum Gasteiger partial charge on any atom is -0.361 e. The molecular weight excluding hydrogens is 310 g/mol. The summed E-state index contributed by atoms with van der Waals surface area (Å²) in [5, 5.41) is 7.86. The molecule has 0 aliphatic heterocycles. The summed E-state index contributed by atoms with van der Waals surface area (Å²) in [6.07, 6.45) is 1.73. The number of hydrogen-bond donors (Lipinski definition) is 1.